The summed E-state index contributed by atoms with van der Waals surface area (Å²) in [6.45, 7) is -0.348. The summed E-state index contributed by atoms with van der Waals surface area (Å²) in [5.74, 6) is 0.251. The van der Waals surface area contributed by atoms with Crippen LogP contribution in [-0.2, 0) is 21.2 Å². The molecule has 0 bridgehead atoms. The van der Waals surface area contributed by atoms with Crippen LogP contribution in [0.1, 0.15) is 12.6 Å². The number of hydrogen-bond acceptors (Lipinski definition) is 11. The van der Waals surface area contributed by atoms with Gasteiger partial charge in [0.15, 0.2) is 11.2 Å². The summed E-state index contributed by atoms with van der Waals surface area (Å²) < 4.78 is 39.7. The molecule has 14 heteroatoms. The molecule has 0 aromatic carbocycles. The van der Waals surface area contributed by atoms with Crippen molar-refractivity contribution in [3.63, 3.8) is 0 Å². The topological polar surface area (TPSA) is 153 Å². The number of nitrogens with two attached hydrogens (primary N) is 1. The molecule has 12 nitrogen and oxygen atoms in total. The molecule has 2 aromatic rings. The van der Waals surface area contributed by atoms with Gasteiger partial charge in [0, 0.05) is 13.5 Å². The first-order chi connectivity index (χ1) is 12.4. The Bertz CT molecular complexity index is 828. The lowest BCUT2D eigenvalue weighted by atomic mass is 10.2. The molecule has 0 spiro atoms. The largest absolute Gasteiger partial charge is 0.484 e. The molecule has 0 radical (unpaired) electrons. The zero-order valence-electron chi connectivity index (χ0n) is 13.8. The van der Waals surface area contributed by atoms with E-state index in [0.29, 0.717) is 11.2 Å². The lowest BCUT2D eigenvalue weighted by molar-refractivity contribution is -0.0423. The van der Waals surface area contributed by atoms with Crippen molar-refractivity contribution < 1.29 is 31.0 Å². The second-order valence-electron chi connectivity index (χ2n) is 5.31. The lowest BCUT2D eigenvalue weighted by Gasteiger charge is -2.19. The number of hydrogen-bond donors (Lipinski definition) is 2. The second kappa shape index (κ2) is 7.88. The molecule has 26 heavy (non-hydrogen) atoms. The third-order valence-corrected chi connectivity index (χ3v) is 6.44. The highest BCUT2D eigenvalue weighted by Crippen LogP contribution is 2.54. The highest BCUT2D eigenvalue weighted by Gasteiger charge is 2.42. The van der Waals surface area contributed by atoms with Gasteiger partial charge in [-0.05, 0) is 0 Å². The molecule has 1 saturated heterocycles. The number of nitrogen functional groups attached to an aromatic ring is 1. The first kappa shape index (κ1) is 19.7. The molecule has 1 aliphatic heterocycles. The van der Waals surface area contributed by atoms with Crippen LogP contribution in [0, 0.1) is 0 Å². The number of fused-ring (bicyclic) bond motifs is 1. The molecule has 3 N–H and O–H groups in total. The minimum atomic E-state index is -3.75. The summed E-state index contributed by atoms with van der Waals surface area (Å²) in [5.41, 5.74) is 6.52. The fraction of sp³-hybridized carbons (Fsp3) is 0.583. The van der Waals surface area contributed by atoms with Crippen LogP contribution < -0.4 is 10.5 Å². The molecular weight excluding hydrogens is 484 g/mol. The Balaban J connectivity index is 1.90. The Morgan fingerprint density at radius 2 is 2.27 bits per heavy atom. The highest BCUT2D eigenvalue weighted by atomic mass is 127. The molecule has 0 aliphatic carbocycles. The van der Waals surface area contributed by atoms with Gasteiger partial charge in [0.1, 0.15) is 41.4 Å². The summed E-state index contributed by atoms with van der Waals surface area (Å²) in [7, 11) is -1.09. The van der Waals surface area contributed by atoms with Crippen LogP contribution in [0.15, 0.2) is 6.33 Å². The van der Waals surface area contributed by atoms with Gasteiger partial charge in [-0.15, -0.1) is 0 Å². The monoisotopic (exact) mass is 501 g/mol. The van der Waals surface area contributed by atoms with Crippen molar-refractivity contribution >= 4 is 47.9 Å². The Morgan fingerprint density at radius 3 is 2.88 bits per heavy atom. The smallest absolute Gasteiger partial charge is 0.479 e. The van der Waals surface area contributed by atoms with Gasteiger partial charge in [0.05, 0.1) is 20.0 Å². The number of aliphatic hydroxyl groups excluding tert-OH is 1. The molecule has 0 saturated carbocycles. The van der Waals surface area contributed by atoms with Gasteiger partial charge in [-0.25, -0.2) is 12.4 Å². The van der Waals surface area contributed by atoms with Crippen molar-refractivity contribution in [3.05, 3.63) is 6.33 Å². The number of ether oxygens (including phenoxy) is 2. The molecule has 3 rings (SSSR count). The molecule has 0 amide bonds. The van der Waals surface area contributed by atoms with Crippen LogP contribution in [0.5, 0.6) is 5.88 Å². The lowest BCUT2D eigenvalue weighted by Crippen LogP contribution is -2.27. The maximum absolute atomic E-state index is 12.2. The number of phosphoric ester groups is 1. The molecule has 1 fully saturated rings. The standard InChI is InChI=1S/C12H17IN5O7P/c1-21-11-9-10(16-12(14)17-11)18(5-15-9)8-3-6(7(4-19)23-8)24-26(20,22-2)25-13/h5-8,19H,3-4H2,1-2H3,(H2,14,16,17)/t6-,7+,8+,26?/m0/s1. The highest BCUT2D eigenvalue weighted by molar-refractivity contribution is 14.1. The number of rotatable bonds is 7. The van der Waals surface area contributed by atoms with Crippen LogP contribution >= 0.6 is 30.8 Å². The van der Waals surface area contributed by atoms with Crippen molar-refractivity contribution in [2.45, 2.75) is 24.9 Å². The van der Waals surface area contributed by atoms with Crippen LogP contribution in [0.3, 0.4) is 0 Å². The van der Waals surface area contributed by atoms with Gasteiger partial charge in [0.2, 0.25) is 11.8 Å². The molecule has 4 atom stereocenters. The van der Waals surface area contributed by atoms with Gasteiger partial charge in [-0.3, -0.25) is 13.6 Å². The van der Waals surface area contributed by atoms with E-state index in [1.807, 2.05) is 0 Å². The number of imidazole rings is 1. The molecule has 144 valence electrons. The molecule has 3 heterocycles. The fourth-order valence-electron chi connectivity index (χ4n) is 2.66. The van der Waals surface area contributed by atoms with E-state index >= 15 is 0 Å². The predicted molar refractivity (Wildman–Crippen MR) is 96.5 cm³/mol. The van der Waals surface area contributed by atoms with E-state index in [1.165, 1.54) is 43.6 Å². The first-order valence-corrected chi connectivity index (χ1v) is 9.73. The summed E-state index contributed by atoms with van der Waals surface area (Å²) >= 11 is 1.43. The number of nitrogens with zero attached hydrogens (tertiary/aromatic N) is 4. The number of aliphatic hydroxyl groups is 1. The SMILES string of the molecule is COc1nc(N)nc2c1ncn2[C@H]1C[C@H](OP(=O)(OC)OI)[C@@H](CO)O1. The van der Waals surface area contributed by atoms with Gasteiger partial charge in [-0.1, -0.05) is 0 Å². The normalized spacial score (nSPS) is 25.5. The Morgan fingerprint density at radius 1 is 1.50 bits per heavy atom. The summed E-state index contributed by atoms with van der Waals surface area (Å²) in [5, 5.41) is 9.56. The van der Waals surface area contributed by atoms with Crippen LogP contribution in [-0.4, -0.2) is 57.7 Å². The Hall–Kier alpha value is -1.09. The minimum absolute atomic E-state index is 0.0165. The minimum Gasteiger partial charge on any atom is -0.479 e. The number of halogens is 1. The van der Waals surface area contributed by atoms with Crippen molar-refractivity contribution in [1.82, 2.24) is 19.5 Å². The van der Waals surface area contributed by atoms with Crippen LogP contribution in [0.25, 0.3) is 11.2 Å². The van der Waals surface area contributed by atoms with Gasteiger partial charge in [-0.2, -0.15) is 9.97 Å². The predicted octanol–water partition coefficient (Wildman–Crippen LogP) is 1.20. The van der Waals surface area contributed by atoms with E-state index in [-0.39, 0.29) is 24.9 Å². The number of anilines is 1. The molecular formula is C12H17IN5O7P. The van der Waals surface area contributed by atoms with Gasteiger partial charge >= 0.3 is 7.82 Å². The molecule has 2 aromatic heterocycles. The quantitative estimate of drug-likeness (QED) is 0.416. The van der Waals surface area contributed by atoms with E-state index < -0.39 is 26.3 Å². The Labute approximate surface area is 162 Å². The maximum atomic E-state index is 12.2. The van der Waals surface area contributed by atoms with Crippen molar-refractivity contribution in [2.75, 3.05) is 26.6 Å². The van der Waals surface area contributed by atoms with E-state index in [1.54, 1.807) is 4.57 Å². The van der Waals surface area contributed by atoms with E-state index in [9.17, 15) is 9.67 Å². The van der Waals surface area contributed by atoms with E-state index in [0.717, 1.165) is 0 Å². The molecule has 1 unspecified atom stereocenters. The number of phosphoric acid groups is 1. The van der Waals surface area contributed by atoms with E-state index in [2.05, 4.69) is 15.0 Å². The third-order valence-electron chi connectivity index (χ3n) is 3.84. The van der Waals surface area contributed by atoms with Crippen molar-refractivity contribution in [2.24, 2.45) is 0 Å². The van der Waals surface area contributed by atoms with Crippen LogP contribution in [0.4, 0.5) is 5.95 Å². The first-order valence-electron chi connectivity index (χ1n) is 7.39. The number of aromatic nitrogens is 4. The average Bonchev–Trinajstić information content (AvgIpc) is 3.24. The average molecular weight is 501 g/mol. The van der Waals surface area contributed by atoms with Crippen molar-refractivity contribution in [3.8, 4) is 5.88 Å². The summed E-state index contributed by atoms with van der Waals surface area (Å²) in [6.07, 6.45) is -0.331. The summed E-state index contributed by atoms with van der Waals surface area (Å²) in [6, 6.07) is 0. The van der Waals surface area contributed by atoms with Gasteiger partial charge < -0.3 is 20.3 Å². The molecule has 1 aliphatic rings. The zero-order valence-corrected chi connectivity index (χ0v) is 16.9. The fourth-order valence-corrected chi connectivity index (χ4v) is 4.15. The maximum Gasteiger partial charge on any atom is 0.484 e. The number of methoxy groups -OCH3 is 1. The van der Waals surface area contributed by atoms with Crippen molar-refractivity contribution in [1.29, 1.82) is 0 Å². The Kier molecular flexibility index (Phi) is 5.96. The third kappa shape index (κ3) is 3.65. The van der Waals surface area contributed by atoms with E-state index in [4.69, 9.17) is 27.1 Å². The summed E-state index contributed by atoms with van der Waals surface area (Å²) in [4.78, 5) is 12.4. The van der Waals surface area contributed by atoms with Gasteiger partial charge in [0.25, 0.3) is 0 Å². The zero-order chi connectivity index (χ0) is 18.9. The van der Waals surface area contributed by atoms with Crippen LogP contribution in [0.2, 0.25) is 0 Å². The second-order valence-corrected chi connectivity index (χ2v) is 8.10.